The molecule has 1 aliphatic carbocycles. The second kappa shape index (κ2) is 9.16. The minimum Gasteiger partial charge on any atom is -0.497 e. The van der Waals surface area contributed by atoms with Crippen molar-refractivity contribution in [1.82, 2.24) is 4.98 Å². The van der Waals surface area contributed by atoms with Gasteiger partial charge < -0.3 is 15.4 Å². The number of pyridine rings is 1. The summed E-state index contributed by atoms with van der Waals surface area (Å²) in [5.41, 5.74) is 3.80. The molecule has 0 aliphatic heterocycles. The van der Waals surface area contributed by atoms with Gasteiger partial charge in [-0.2, -0.15) is 0 Å². The van der Waals surface area contributed by atoms with Gasteiger partial charge in [0.15, 0.2) is 0 Å². The summed E-state index contributed by atoms with van der Waals surface area (Å²) in [7, 11) is 1.66. The van der Waals surface area contributed by atoms with E-state index in [9.17, 15) is 4.79 Å². The number of amides is 1. The highest BCUT2D eigenvalue weighted by atomic mass is 16.5. The third-order valence-corrected chi connectivity index (χ3v) is 5.86. The number of carbonyl (C=O) groups excluding carboxylic acids is 1. The molecule has 0 bridgehead atoms. The quantitative estimate of drug-likeness (QED) is 0.514. The van der Waals surface area contributed by atoms with Crippen molar-refractivity contribution in [2.75, 3.05) is 17.7 Å². The van der Waals surface area contributed by atoms with Crippen molar-refractivity contribution in [1.29, 1.82) is 0 Å². The van der Waals surface area contributed by atoms with Gasteiger partial charge in [0.2, 0.25) is 5.91 Å². The summed E-state index contributed by atoms with van der Waals surface area (Å²) in [5.74, 6) is 2.26. The molecule has 1 aliphatic rings. The Morgan fingerprint density at radius 3 is 2.50 bits per heavy atom. The summed E-state index contributed by atoms with van der Waals surface area (Å²) in [4.78, 5) is 17.2. The van der Waals surface area contributed by atoms with E-state index >= 15 is 0 Å². The number of benzene rings is 2. The molecule has 0 unspecified atom stereocenters. The van der Waals surface area contributed by atoms with Crippen LogP contribution in [0, 0.1) is 12.8 Å². The molecule has 0 saturated heterocycles. The molecule has 3 aromatic rings. The molecule has 1 saturated carbocycles. The second-order valence-electron chi connectivity index (χ2n) is 8.17. The standard InChI is InChI=1S/C25H29N3O2/c1-17-14-24(26-19-8-11-21(30-2)12-9-19)28-23-13-10-20(16-22(17)23)27-25(29)15-18-6-4-3-5-7-18/h8-14,16,18H,3-7,15H2,1-2H3,(H,26,28)(H,27,29). The van der Waals surface area contributed by atoms with Gasteiger partial charge in [0, 0.05) is 23.2 Å². The molecule has 156 valence electrons. The van der Waals surface area contributed by atoms with Crippen molar-refractivity contribution >= 4 is 34.0 Å². The fourth-order valence-corrected chi connectivity index (χ4v) is 4.22. The van der Waals surface area contributed by atoms with Gasteiger partial charge in [-0.1, -0.05) is 19.3 Å². The zero-order valence-corrected chi connectivity index (χ0v) is 17.7. The largest absolute Gasteiger partial charge is 0.497 e. The van der Waals surface area contributed by atoms with Crippen molar-refractivity contribution in [3.63, 3.8) is 0 Å². The van der Waals surface area contributed by atoms with Crippen LogP contribution in [0.15, 0.2) is 48.5 Å². The summed E-state index contributed by atoms with van der Waals surface area (Å²) in [6.45, 7) is 2.07. The fraction of sp³-hybridized carbons (Fsp3) is 0.360. The lowest BCUT2D eigenvalue weighted by Crippen LogP contribution is -2.18. The van der Waals surface area contributed by atoms with E-state index in [0.29, 0.717) is 12.3 Å². The van der Waals surface area contributed by atoms with Gasteiger partial charge in [0.25, 0.3) is 0 Å². The first kappa shape index (κ1) is 20.2. The average Bonchev–Trinajstić information content (AvgIpc) is 2.75. The maximum atomic E-state index is 12.5. The normalized spacial score (nSPS) is 14.5. The Morgan fingerprint density at radius 1 is 1.03 bits per heavy atom. The molecule has 2 N–H and O–H groups in total. The first-order chi connectivity index (χ1) is 14.6. The highest BCUT2D eigenvalue weighted by Gasteiger charge is 2.17. The molecular weight excluding hydrogens is 374 g/mol. The molecule has 0 radical (unpaired) electrons. The predicted molar refractivity (Wildman–Crippen MR) is 123 cm³/mol. The predicted octanol–water partition coefficient (Wildman–Crippen LogP) is 6.20. The van der Waals surface area contributed by atoms with E-state index in [1.807, 2.05) is 48.5 Å². The van der Waals surface area contributed by atoms with Gasteiger partial charge in [-0.15, -0.1) is 0 Å². The number of aromatic nitrogens is 1. The van der Waals surface area contributed by atoms with E-state index < -0.39 is 0 Å². The van der Waals surface area contributed by atoms with Crippen LogP contribution in [-0.2, 0) is 4.79 Å². The van der Waals surface area contributed by atoms with Crippen molar-refractivity contribution in [2.24, 2.45) is 5.92 Å². The second-order valence-corrected chi connectivity index (χ2v) is 8.17. The van der Waals surface area contributed by atoms with E-state index in [2.05, 4.69) is 17.6 Å². The Hall–Kier alpha value is -3.08. The third-order valence-electron chi connectivity index (χ3n) is 5.86. The fourth-order valence-electron chi connectivity index (χ4n) is 4.22. The van der Waals surface area contributed by atoms with Crippen LogP contribution in [0.5, 0.6) is 5.75 Å². The molecule has 0 spiro atoms. The van der Waals surface area contributed by atoms with Crippen LogP contribution < -0.4 is 15.4 Å². The number of nitrogens with zero attached hydrogens (tertiary/aromatic N) is 1. The van der Waals surface area contributed by atoms with Crippen LogP contribution in [-0.4, -0.2) is 18.0 Å². The number of hydrogen-bond donors (Lipinski definition) is 2. The van der Waals surface area contributed by atoms with Gasteiger partial charge in [0.05, 0.1) is 12.6 Å². The molecule has 1 heterocycles. The Morgan fingerprint density at radius 2 is 1.77 bits per heavy atom. The molecule has 1 amide bonds. The molecule has 1 fully saturated rings. The van der Waals surface area contributed by atoms with E-state index in [4.69, 9.17) is 9.72 Å². The number of ether oxygens (including phenoxy) is 1. The van der Waals surface area contributed by atoms with Gasteiger partial charge in [-0.3, -0.25) is 4.79 Å². The molecule has 0 atom stereocenters. The summed E-state index contributed by atoms with van der Waals surface area (Å²) >= 11 is 0. The molecule has 1 aromatic heterocycles. The summed E-state index contributed by atoms with van der Waals surface area (Å²) in [6.07, 6.45) is 6.80. The van der Waals surface area contributed by atoms with E-state index in [0.717, 1.165) is 39.4 Å². The number of aryl methyl sites for hydroxylation is 1. The van der Waals surface area contributed by atoms with E-state index in [-0.39, 0.29) is 5.91 Å². The lowest BCUT2D eigenvalue weighted by atomic mass is 9.87. The number of hydrogen-bond acceptors (Lipinski definition) is 4. The van der Waals surface area contributed by atoms with Crippen molar-refractivity contribution in [3.05, 3.63) is 54.1 Å². The van der Waals surface area contributed by atoms with E-state index in [1.54, 1.807) is 7.11 Å². The highest BCUT2D eigenvalue weighted by molar-refractivity contribution is 5.95. The minimum atomic E-state index is 0.115. The van der Waals surface area contributed by atoms with Gasteiger partial charge >= 0.3 is 0 Å². The van der Waals surface area contributed by atoms with Gasteiger partial charge in [-0.25, -0.2) is 4.98 Å². The molecule has 5 nitrogen and oxygen atoms in total. The molecule has 5 heteroatoms. The Kier molecular flexibility index (Phi) is 6.17. The zero-order chi connectivity index (χ0) is 20.9. The molecule has 30 heavy (non-hydrogen) atoms. The highest BCUT2D eigenvalue weighted by Crippen LogP contribution is 2.28. The average molecular weight is 404 g/mol. The maximum absolute atomic E-state index is 12.5. The lowest BCUT2D eigenvalue weighted by molar-refractivity contribution is -0.117. The number of anilines is 3. The maximum Gasteiger partial charge on any atom is 0.224 e. The summed E-state index contributed by atoms with van der Waals surface area (Å²) < 4.78 is 5.20. The number of rotatable bonds is 6. The SMILES string of the molecule is COc1ccc(Nc2cc(C)c3cc(NC(=O)CC4CCCCC4)ccc3n2)cc1. The van der Waals surface area contributed by atoms with E-state index in [1.165, 1.54) is 32.1 Å². The van der Waals surface area contributed by atoms with Crippen LogP contribution in [0.4, 0.5) is 17.2 Å². The van der Waals surface area contributed by atoms with Crippen molar-refractivity contribution in [2.45, 2.75) is 45.4 Å². The smallest absolute Gasteiger partial charge is 0.224 e. The number of methoxy groups -OCH3 is 1. The molecule has 4 rings (SSSR count). The van der Waals surface area contributed by atoms with Crippen molar-refractivity contribution < 1.29 is 9.53 Å². The first-order valence-electron chi connectivity index (χ1n) is 10.7. The molecular formula is C25H29N3O2. The zero-order valence-electron chi connectivity index (χ0n) is 17.7. The van der Waals surface area contributed by atoms with Crippen LogP contribution in [0.25, 0.3) is 10.9 Å². The number of carbonyl (C=O) groups is 1. The molecule has 2 aromatic carbocycles. The van der Waals surface area contributed by atoms with Gasteiger partial charge in [-0.05, 0) is 79.8 Å². The van der Waals surface area contributed by atoms with Gasteiger partial charge in [0.1, 0.15) is 11.6 Å². The number of nitrogens with one attached hydrogen (secondary N) is 2. The monoisotopic (exact) mass is 403 g/mol. The first-order valence-corrected chi connectivity index (χ1v) is 10.7. The van der Waals surface area contributed by atoms with Crippen LogP contribution in [0.1, 0.15) is 44.1 Å². The van der Waals surface area contributed by atoms with Crippen LogP contribution in [0.3, 0.4) is 0 Å². The topological polar surface area (TPSA) is 63.2 Å². The van der Waals surface area contributed by atoms with Crippen molar-refractivity contribution in [3.8, 4) is 5.75 Å². The Bertz CT molecular complexity index is 1020. The Labute approximate surface area is 177 Å². The Balaban J connectivity index is 1.46. The lowest BCUT2D eigenvalue weighted by Gasteiger charge is -2.20. The van der Waals surface area contributed by atoms with Crippen LogP contribution >= 0.6 is 0 Å². The summed E-state index contributed by atoms with van der Waals surface area (Å²) in [5, 5.41) is 7.47. The minimum absolute atomic E-state index is 0.115. The third kappa shape index (κ3) is 4.90. The van der Waals surface area contributed by atoms with Crippen LogP contribution in [0.2, 0.25) is 0 Å². The summed E-state index contributed by atoms with van der Waals surface area (Å²) in [6, 6.07) is 15.7. The number of fused-ring (bicyclic) bond motifs is 1.